The van der Waals surface area contributed by atoms with Crippen molar-refractivity contribution >= 4 is 21.6 Å². The fourth-order valence-electron chi connectivity index (χ4n) is 3.83. The summed E-state index contributed by atoms with van der Waals surface area (Å²) in [5, 5.41) is 3.12. The van der Waals surface area contributed by atoms with Crippen molar-refractivity contribution < 1.29 is 17.9 Å². The Labute approximate surface area is 179 Å². The summed E-state index contributed by atoms with van der Waals surface area (Å²) in [7, 11) is -3.42. The lowest BCUT2D eigenvalue weighted by atomic mass is 9.89. The Morgan fingerprint density at radius 2 is 1.90 bits per heavy atom. The number of rotatable bonds is 7. The van der Waals surface area contributed by atoms with E-state index in [0.717, 1.165) is 16.9 Å². The van der Waals surface area contributed by atoms with Gasteiger partial charge < -0.3 is 10.1 Å². The first-order valence-electron chi connectivity index (χ1n) is 10.2. The summed E-state index contributed by atoms with van der Waals surface area (Å²) in [5.41, 5.74) is 2.34. The Balaban J connectivity index is 1.64. The van der Waals surface area contributed by atoms with Crippen LogP contribution in [0.4, 0.5) is 5.69 Å². The zero-order chi connectivity index (χ0) is 21.9. The van der Waals surface area contributed by atoms with Crippen LogP contribution in [0.5, 0.6) is 5.75 Å². The van der Waals surface area contributed by atoms with Gasteiger partial charge in [-0.25, -0.2) is 8.42 Å². The Morgan fingerprint density at radius 1 is 1.20 bits per heavy atom. The number of sulfonamides is 1. The number of hydrogen-bond donors (Lipinski definition) is 1. The third kappa shape index (κ3) is 5.53. The molecule has 30 heavy (non-hydrogen) atoms. The third-order valence-electron chi connectivity index (χ3n) is 5.17. The van der Waals surface area contributed by atoms with Crippen molar-refractivity contribution in [3.8, 4) is 5.75 Å². The fourth-order valence-corrected chi connectivity index (χ4v) is 4.80. The number of aryl methyl sites for hydroxylation is 1. The van der Waals surface area contributed by atoms with Gasteiger partial charge in [-0.2, -0.15) is 0 Å². The highest BCUT2D eigenvalue weighted by atomic mass is 32.2. The minimum Gasteiger partial charge on any atom is -0.487 e. The molecule has 2 aromatic carbocycles. The molecular formula is C23H30N2O4S. The summed E-state index contributed by atoms with van der Waals surface area (Å²) in [6.45, 7) is 6.30. The largest absolute Gasteiger partial charge is 0.487 e. The predicted octanol–water partition coefficient (Wildman–Crippen LogP) is 3.96. The van der Waals surface area contributed by atoms with Crippen molar-refractivity contribution in [3.05, 3.63) is 59.7 Å². The summed E-state index contributed by atoms with van der Waals surface area (Å²) >= 11 is 0. The minimum absolute atomic E-state index is 0.0910. The maximum Gasteiger partial charge on any atom is 0.232 e. The van der Waals surface area contributed by atoms with E-state index < -0.39 is 10.0 Å². The van der Waals surface area contributed by atoms with Crippen LogP contribution in [-0.2, 0) is 14.8 Å². The summed E-state index contributed by atoms with van der Waals surface area (Å²) in [4.78, 5) is 12.7. The first kappa shape index (κ1) is 22.2. The first-order valence-corrected chi connectivity index (χ1v) is 12.0. The molecular weight excluding hydrogens is 400 g/mol. The first-order chi connectivity index (χ1) is 14.0. The lowest BCUT2D eigenvalue weighted by Gasteiger charge is -2.38. The summed E-state index contributed by atoms with van der Waals surface area (Å²) < 4.78 is 31.8. The van der Waals surface area contributed by atoms with Gasteiger partial charge in [0.1, 0.15) is 11.4 Å². The van der Waals surface area contributed by atoms with Crippen LogP contribution in [0.15, 0.2) is 48.5 Å². The Bertz CT molecular complexity index is 1000. The topological polar surface area (TPSA) is 75.7 Å². The molecule has 1 aliphatic rings. The molecule has 1 heterocycles. The number of carbonyl (C=O) groups is 1. The van der Waals surface area contributed by atoms with E-state index in [-0.39, 0.29) is 30.5 Å². The molecule has 1 N–H and O–H groups in total. The molecule has 0 spiro atoms. The van der Waals surface area contributed by atoms with Crippen molar-refractivity contribution in [2.75, 3.05) is 17.1 Å². The number of nitrogens with one attached hydrogen (secondary N) is 1. The van der Waals surface area contributed by atoms with Gasteiger partial charge in [0.25, 0.3) is 0 Å². The number of anilines is 1. The van der Waals surface area contributed by atoms with Gasteiger partial charge in [-0.3, -0.25) is 9.10 Å². The minimum atomic E-state index is -3.42. The number of nitrogens with zero attached hydrogens (tertiary/aromatic N) is 1. The van der Waals surface area contributed by atoms with E-state index in [1.807, 2.05) is 39.0 Å². The van der Waals surface area contributed by atoms with Gasteiger partial charge in [0.2, 0.25) is 15.9 Å². The smallest absolute Gasteiger partial charge is 0.232 e. The van der Waals surface area contributed by atoms with E-state index in [1.54, 1.807) is 24.3 Å². The van der Waals surface area contributed by atoms with Gasteiger partial charge in [-0.15, -0.1) is 0 Å². The molecule has 0 bridgehead atoms. The molecule has 0 aliphatic carbocycles. The number of benzene rings is 2. The highest BCUT2D eigenvalue weighted by molar-refractivity contribution is 7.92. The molecule has 162 valence electrons. The fraction of sp³-hybridized carbons (Fsp3) is 0.435. The van der Waals surface area contributed by atoms with E-state index in [2.05, 4.69) is 11.4 Å². The molecule has 7 heteroatoms. The highest BCUT2D eigenvalue weighted by Crippen LogP contribution is 2.39. The Hall–Kier alpha value is -2.54. The zero-order valence-electron chi connectivity index (χ0n) is 18.0. The van der Waals surface area contributed by atoms with Crippen molar-refractivity contribution in [2.45, 2.75) is 51.7 Å². The average Bonchev–Trinajstić information content (AvgIpc) is 2.65. The van der Waals surface area contributed by atoms with E-state index in [0.29, 0.717) is 18.5 Å². The third-order valence-corrected chi connectivity index (χ3v) is 6.36. The van der Waals surface area contributed by atoms with Gasteiger partial charge in [0, 0.05) is 24.9 Å². The van der Waals surface area contributed by atoms with Crippen LogP contribution < -0.4 is 14.4 Å². The van der Waals surface area contributed by atoms with Crippen LogP contribution in [0.25, 0.3) is 0 Å². The summed E-state index contributed by atoms with van der Waals surface area (Å²) in [6, 6.07) is 14.8. The molecule has 0 radical (unpaired) electrons. The highest BCUT2D eigenvalue weighted by Gasteiger charge is 2.34. The van der Waals surface area contributed by atoms with Crippen LogP contribution in [-0.4, -0.2) is 32.7 Å². The molecule has 0 fully saturated rings. The molecule has 3 rings (SSSR count). The monoisotopic (exact) mass is 430 g/mol. The summed E-state index contributed by atoms with van der Waals surface area (Å²) in [5.74, 6) is 0.709. The number of para-hydroxylation sites is 1. The summed E-state index contributed by atoms with van der Waals surface area (Å²) in [6.07, 6.45) is 2.54. The molecule has 1 atom stereocenters. The maximum atomic E-state index is 12.7. The Morgan fingerprint density at radius 3 is 2.57 bits per heavy atom. The molecule has 0 aromatic heterocycles. The Kier molecular flexibility index (Phi) is 6.41. The van der Waals surface area contributed by atoms with Crippen LogP contribution in [0.2, 0.25) is 0 Å². The number of carbonyl (C=O) groups excluding carboxylic acids is 1. The van der Waals surface area contributed by atoms with Crippen molar-refractivity contribution in [1.82, 2.24) is 5.32 Å². The second-order valence-corrected chi connectivity index (χ2v) is 10.4. The van der Waals surface area contributed by atoms with Crippen LogP contribution in [0.1, 0.15) is 50.3 Å². The van der Waals surface area contributed by atoms with Gasteiger partial charge in [-0.1, -0.05) is 35.9 Å². The molecule has 1 aliphatic heterocycles. The van der Waals surface area contributed by atoms with Gasteiger partial charge >= 0.3 is 0 Å². The lowest BCUT2D eigenvalue weighted by Crippen LogP contribution is -2.41. The number of fused-ring (bicyclic) bond motifs is 1. The maximum absolute atomic E-state index is 12.7. The van der Waals surface area contributed by atoms with E-state index >= 15 is 0 Å². The average molecular weight is 431 g/mol. The van der Waals surface area contributed by atoms with E-state index in [9.17, 15) is 13.2 Å². The van der Waals surface area contributed by atoms with E-state index in [1.165, 1.54) is 10.6 Å². The lowest BCUT2D eigenvalue weighted by molar-refractivity contribution is -0.122. The predicted molar refractivity (Wildman–Crippen MR) is 119 cm³/mol. The standard InChI is InChI=1S/C23H30N2O4S/c1-17-12-13-21-19(15-17)20(16-23(2,3)29-21)24-22(26)11-8-14-25(30(4,27)28)18-9-6-5-7-10-18/h5-7,9-10,12-13,15,20H,8,11,14,16H2,1-4H3,(H,24,26). The molecule has 2 aromatic rings. The number of amides is 1. The van der Waals surface area contributed by atoms with Gasteiger partial charge in [0.15, 0.2) is 0 Å². The van der Waals surface area contributed by atoms with Gasteiger partial charge in [0.05, 0.1) is 18.0 Å². The van der Waals surface area contributed by atoms with Crippen molar-refractivity contribution in [1.29, 1.82) is 0 Å². The number of ether oxygens (including phenoxy) is 1. The molecule has 6 nitrogen and oxygen atoms in total. The van der Waals surface area contributed by atoms with Crippen LogP contribution in [0, 0.1) is 6.92 Å². The van der Waals surface area contributed by atoms with Crippen LogP contribution in [0.3, 0.4) is 0 Å². The SMILES string of the molecule is Cc1ccc2c(c1)C(NC(=O)CCCN(c1ccccc1)S(C)(=O)=O)CC(C)(C)O2. The van der Waals surface area contributed by atoms with E-state index in [4.69, 9.17) is 4.74 Å². The molecule has 1 unspecified atom stereocenters. The normalized spacial score (nSPS) is 17.5. The number of hydrogen-bond acceptors (Lipinski definition) is 4. The van der Waals surface area contributed by atoms with Crippen molar-refractivity contribution in [3.63, 3.8) is 0 Å². The van der Waals surface area contributed by atoms with Gasteiger partial charge in [-0.05, 0) is 45.4 Å². The second kappa shape index (κ2) is 8.68. The second-order valence-electron chi connectivity index (χ2n) is 8.50. The van der Waals surface area contributed by atoms with Crippen molar-refractivity contribution in [2.24, 2.45) is 0 Å². The molecule has 1 amide bonds. The zero-order valence-corrected chi connectivity index (χ0v) is 18.8. The van der Waals surface area contributed by atoms with Crippen LogP contribution >= 0.6 is 0 Å². The molecule has 0 saturated heterocycles. The quantitative estimate of drug-likeness (QED) is 0.721. The molecule has 0 saturated carbocycles.